The van der Waals surface area contributed by atoms with Crippen LogP contribution in [-0.4, -0.2) is 75.2 Å². The summed E-state index contributed by atoms with van der Waals surface area (Å²) in [6.45, 7) is 6.33. The Kier molecular flexibility index (Phi) is 6.57. The maximum atomic E-state index is 12.9. The second kappa shape index (κ2) is 8.81. The fraction of sp³-hybridized carbons (Fsp3) is 0.636. The number of amides is 2. The number of β-amino-alcohol motifs (C(OH)–C–C–N with tert-alkyl or cyclic N) is 1. The quantitative estimate of drug-likeness (QED) is 0.763. The summed E-state index contributed by atoms with van der Waals surface area (Å²) in [5, 5.41) is 21.1. The van der Waals surface area contributed by atoms with Crippen molar-refractivity contribution in [2.24, 2.45) is 0 Å². The van der Waals surface area contributed by atoms with Gasteiger partial charge < -0.3 is 24.6 Å². The monoisotopic (exact) mass is 420 g/mol. The van der Waals surface area contributed by atoms with E-state index in [1.54, 1.807) is 4.90 Å². The highest BCUT2D eigenvalue weighted by atomic mass is 16.6. The SMILES string of the molecule is CC(C)(C)OC(=O)N1CCCC2(CC1)C(O)C(O)CN2C(=O)OCc1ccccc1. The van der Waals surface area contributed by atoms with E-state index in [9.17, 15) is 19.8 Å². The molecule has 8 nitrogen and oxygen atoms in total. The van der Waals surface area contributed by atoms with Crippen molar-refractivity contribution in [3.05, 3.63) is 35.9 Å². The number of nitrogens with zero attached hydrogens (tertiary/aromatic N) is 2. The minimum atomic E-state index is -1.10. The highest BCUT2D eigenvalue weighted by Crippen LogP contribution is 2.39. The molecule has 2 aliphatic rings. The normalized spacial score (nSPS) is 27.1. The molecule has 3 rings (SSSR count). The van der Waals surface area contributed by atoms with Crippen molar-refractivity contribution in [1.82, 2.24) is 9.80 Å². The predicted molar refractivity (Wildman–Crippen MR) is 110 cm³/mol. The fourth-order valence-electron chi connectivity index (χ4n) is 4.26. The van der Waals surface area contributed by atoms with Gasteiger partial charge in [-0.15, -0.1) is 0 Å². The molecule has 0 radical (unpaired) electrons. The first-order chi connectivity index (χ1) is 14.1. The van der Waals surface area contributed by atoms with Gasteiger partial charge in [0.25, 0.3) is 0 Å². The molecule has 3 unspecified atom stereocenters. The van der Waals surface area contributed by atoms with E-state index >= 15 is 0 Å². The molecule has 3 atom stereocenters. The second-order valence-electron chi connectivity index (χ2n) is 9.09. The highest BCUT2D eigenvalue weighted by molar-refractivity contribution is 5.70. The summed E-state index contributed by atoms with van der Waals surface area (Å²) in [5.41, 5.74) is -0.710. The molecule has 2 aliphatic heterocycles. The molecule has 2 amide bonds. The van der Waals surface area contributed by atoms with Gasteiger partial charge in [-0.05, 0) is 45.6 Å². The summed E-state index contributed by atoms with van der Waals surface area (Å²) in [6, 6.07) is 9.34. The van der Waals surface area contributed by atoms with Gasteiger partial charge in [-0.1, -0.05) is 30.3 Å². The Hall–Kier alpha value is -2.32. The van der Waals surface area contributed by atoms with Crippen LogP contribution < -0.4 is 0 Å². The van der Waals surface area contributed by atoms with Crippen molar-refractivity contribution >= 4 is 12.2 Å². The van der Waals surface area contributed by atoms with Crippen LogP contribution in [0.1, 0.15) is 45.6 Å². The lowest BCUT2D eigenvalue weighted by Crippen LogP contribution is -2.54. The summed E-state index contributed by atoms with van der Waals surface area (Å²) < 4.78 is 10.9. The Morgan fingerprint density at radius 2 is 1.80 bits per heavy atom. The van der Waals surface area contributed by atoms with Crippen molar-refractivity contribution in [3.63, 3.8) is 0 Å². The Morgan fingerprint density at radius 3 is 2.47 bits per heavy atom. The van der Waals surface area contributed by atoms with Crippen molar-refractivity contribution in [2.75, 3.05) is 19.6 Å². The molecule has 0 saturated carbocycles. The van der Waals surface area contributed by atoms with Crippen molar-refractivity contribution in [3.8, 4) is 0 Å². The Bertz CT molecular complexity index is 750. The molecule has 1 aromatic carbocycles. The minimum Gasteiger partial charge on any atom is -0.445 e. The average Bonchev–Trinajstić information content (AvgIpc) is 2.85. The van der Waals surface area contributed by atoms with Crippen LogP contribution in [0, 0.1) is 0 Å². The van der Waals surface area contributed by atoms with Gasteiger partial charge in [-0.2, -0.15) is 0 Å². The first-order valence-corrected chi connectivity index (χ1v) is 10.4. The van der Waals surface area contributed by atoms with Gasteiger partial charge in [0, 0.05) is 13.1 Å². The van der Waals surface area contributed by atoms with Gasteiger partial charge >= 0.3 is 12.2 Å². The molecule has 2 heterocycles. The van der Waals surface area contributed by atoms with Gasteiger partial charge in [0.05, 0.1) is 18.2 Å². The third kappa shape index (κ3) is 4.87. The zero-order valence-corrected chi connectivity index (χ0v) is 17.9. The smallest absolute Gasteiger partial charge is 0.410 e. The zero-order chi connectivity index (χ0) is 21.9. The first-order valence-electron chi connectivity index (χ1n) is 10.4. The van der Waals surface area contributed by atoms with E-state index in [4.69, 9.17) is 9.47 Å². The van der Waals surface area contributed by atoms with Crippen LogP contribution in [-0.2, 0) is 16.1 Å². The average molecular weight is 421 g/mol. The van der Waals surface area contributed by atoms with Gasteiger partial charge in [-0.25, -0.2) is 9.59 Å². The van der Waals surface area contributed by atoms with Crippen LogP contribution in [0.4, 0.5) is 9.59 Å². The number of carbonyl (C=O) groups excluding carboxylic acids is 2. The van der Waals surface area contributed by atoms with Gasteiger partial charge in [0.15, 0.2) is 0 Å². The van der Waals surface area contributed by atoms with Crippen LogP contribution >= 0.6 is 0 Å². The van der Waals surface area contributed by atoms with E-state index < -0.39 is 35.5 Å². The Labute approximate surface area is 177 Å². The number of carbonyl (C=O) groups is 2. The molecule has 1 aromatic rings. The predicted octanol–water partition coefficient (Wildman–Crippen LogP) is 2.52. The largest absolute Gasteiger partial charge is 0.445 e. The lowest BCUT2D eigenvalue weighted by molar-refractivity contribution is -0.0188. The molecule has 166 valence electrons. The number of ether oxygens (including phenoxy) is 2. The number of hydrogen-bond acceptors (Lipinski definition) is 6. The van der Waals surface area contributed by atoms with E-state index in [2.05, 4.69) is 0 Å². The molecule has 0 aromatic heterocycles. The van der Waals surface area contributed by atoms with Crippen LogP contribution in [0.3, 0.4) is 0 Å². The molecule has 1 spiro atoms. The number of hydrogen-bond donors (Lipinski definition) is 2. The van der Waals surface area contributed by atoms with E-state index in [0.717, 1.165) is 5.56 Å². The molecule has 30 heavy (non-hydrogen) atoms. The van der Waals surface area contributed by atoms with E-state index in [1.165, 1.54) is 4.90 Å². The third-order valence-electron chi connectivity index (χ3n) is 5.75. The fourth-order valence-corrected chi connectivity index (χ4v) is 4.26. The topological polar surface area (TPSA) is 99.5 Å². The van der Waals surface area contributed by atoms with Gasteiger partial charge in [0.2, 0.25) is 0 Å². The first kappa shape index (κ1) is 22.4. The van der Waals surface area contributed by atoms with Crippen molar-refractivity contribution < 1.29 is 29.3 Å². The number of aliphatic hydroxyl groups is 2. The van der Waals surface area contributed by atoms with E-state index in [0.29, 0.717) is 32.4 Å². The molecule has 8 heteroatoms. The maximum Gasteiger partial charge on any atom is 0.410 e. The summed E-state index contributed by atoms with van der Waals surface area (Å²) in [5.74, 6) is 0. The number of benzene rings is 1. The standard InChI is InChI=1S/C22H32N2O6/c1-21(2,3)30-19(27)23-12-7-10-22(11-13-23)18(26)17(25)14-24(22)20(28)29-15-16-8-5-4-6-9-16/h4-6,8-9,17-18,25-26H,7,10-15H2,1-3H3. The van der Waals surface area contributed by atoms with Crippen LogP contribution in [0.2, 0.25) is 0 Å². The van der Waals surface area contributed by atoms with E-state index in [-0.39, 0.29) is 13.2 Å². The van der Waals surface area contributed by atoms with Gasteiger partial charge in [0.1, 0.15) is 18.3 Å². The lowest BCUT2D eigenvalue weighted by Gasteiger charge is -2.39. The number of aliphatic hydroxyl groups excluding tert-OH is 2. The summed E-state index contributed by atoms with van der Waals surface area (Å²) >= 11 is 0. The van der Waals surface area contributed by atoms with Gasteiger partial charge in [-0.3, -0.25) is 4.90 Å². The minimum absolute atomic E-state index is 0.00122. The third-order valence-corrected chi connectivity index (χ3v) is 5.75. The van der Waals surface area contributed by atoms with Crippen LogP contribution in [0.25, 0.3) is 0 Å². The molecule has 2 N–H and O–H groups in total. The van der Waals surface area contributed by atoms with Crippen molar-refractivity contribution in [2.45, 2.75) is 70.0 Å². The Morgan fingerprint density at radius 1 is 1.10 bits per heavy atom. The second-order valence-corrected chi connectivity index (χ2v) is 9.09. The molecule has 0 bridgehead atoms. The summed E-state index contributed by atoms with van der Waals surface area (Å²) in [4.78, 5) is 28.4. The van der Waals surface area contributed by atoms with Crippen LogP contribution in [0.5, 0.6) is 0 Å². The maximum absolute atomic E-state index is 12.9. The molecular formula is C22H32N2O6. The molecule has 2 saturated heterocycles. The molecular weight excluding hydrogens is 388 g/mol. The molecule has 2 fully saturated rings. The highest BCUT2D eigenvalue weighted by Gasteiger charge is 2.55. The molecule has 0 aliphatic carbocycles. The number of rotatable bonds is 2. The summed E-state index contributed by atoms with van der Waals surface area (Å²) in [6.07, 6.45) is -1.75. The Balaban J connectivity index is 1.70. The van der Waals surface area contributed by atoms with E-state index in [1.807, 2.05) is 51.1 Å². The lowest BCUT2D eigenvalue weighted by atomic mass is 9.85. The van der Waals surface area contributed by atoms with Crippen molar-refractivity contribution in [1.29, 1.82) is 0 Å². The van der Waals surface area contributed by atoms with Crippen LogP contribution in [0.15, 0.2) is 30.3 Å². The number of likely N-dealkylation sites (tertiary alicyclic amines) is 2. The zero-order valence-electron chi connectivity index (χ0n) is 17.9. The summed E-state index contributed by atoms with van der Waals surface area (Å²) in [7, 11) is 0.